The fraction of sp³-hybridized carbons (Fsp3) is 0.300. The highest BCUT2D eigenvalue weighted by Crippen LogP contribution is 2.19. The first kappa shape index (κ1) is 9.27. The van der Waals surface area contributed by atoms with Crippen LogP contribution in [0, 0.1) is 0 Å². The second kappa shape index (κ2) is 3.84. The predicted octanol–water partition coefficient (Wildman–Crippen LogP) is 1.78. The fourth-order valence-electron chi connectivity index (χ4n) is 1.49. The number of carbonyl (C=O) groups is 1. The molecule has 0 saturated heterocycles. The summed E-state index contributed by atoms with van der Waals surface area (Å²) in [6.45, 7) is 0. The van der Waals surface area contributed by atoms with E-state index in [2.05, 4.69) is 17.5 Å². The summed E-state index contributed by atoms with van der Waals surface area (Å²) in [6.07, 6.45) is 6.03. The van der Waals surface area contributed by atoms with E-state index in [-0.39, 0.29) is 11.9 Å². The van der Waals surface area contributed by atoms with Gasteiger partial charge in [-0.2, -0.15) is 0 Å². The molecule has 1 aliphatic rings. The van der Waals surface area contributed by atoms with Gasteiger partial charge in [-0.05, 0) is 24.3 Å². The Bertz CT molecular complexity index is 362. The molecular weight excluding hydrogens is 196 g/mol. The molecule has 3 nitrogen and oxygen atoms in total. The van der Waals surface area contributed by atoms with Gasteiger partial charge in [0.1, 0.15) is 4.88 Å². The van der Waals surface area contributed by atoms with Gasteiger partial charge in [0.25, 0.3) is 5.91 Å². The molecule has 0 spiro atoms. The van der Waals surface area contributed by atoms with Gasteiger partial charge in [-0.3, -0.25) is 4.79 Å². The Kier molecular flexibility index (Phi) is 2.54. The van der Waals surface area contributed by atoms with Gasteiger partial charge >= 0.3 is 0 Å². The molecule has 74 valence electrons. The molecule has 1 amide bonds. The lowest BCUT2D eigenvalue weighted by molar-refractivity contribution is 0.0944. The van der Waals surface area contributed by atoms with E-state index in [1.807, 2.05) is 5.38 Å². The van der Waals surface area contributed by atoms with Gasteiger partial charge in [-0.1, -0.05) is 12.2 Å². The summed E-state index contributed by atoms with van der Waals surface area (Å²) in [6, 6.07) is 2.01. The molecule has 1 aromatic rings. The second-order valence-electron chi connectivity index (χ2n) is 3.32. The quantitative estimate of drug-likeness (QED) is 0.728. The van der Waals surface area contributed by atoms with Crippen LogP contribution in [0.3, 0.4) is 0 Å². The molecule has 0 bridgehead atoms. The van der Waals surface area contributed by atoms with Crippen molar-refractivity contribution >= 4 is 22.9 Å². The first-order valence-electron chi connectivity index (χ1n) is 4.56. The fourth-order valence-corrected chi connectivity index (χ4v) is 2.21. The zero-order valence-electron chi connectivity index (χ0n) is 7.69. The van der Waals surface area contributed by atoms with Crippen LogP contribution in [0.25, 0.3) is 0 Å². The molecule has 1 heterocycles. The summed E-state index contributed by atoms with van der Waals surface area (Å²) in [5, 5.41) is 4.78. The number of hydrogen-bond acceptors (Lipinski definition) is 3. The third kappa shape index (κ3) is 1.80. The lowest BCUT2D eigenvalue weighted by atomic mass is 10.2. The van der Waals surface area contributed by atoms with E-state index >= 15 is 0 Å². The number of nitrogen functional groups attached to an aromatic ring is 1. The molecule has 3 N–H and O–H groups in total. The van der Waals surface area contributed by atoms with Crippen LogP contribution < -0.4 is 11.1 Å². The summed E-state index contributed by atoms with van der Waals surface area (Å²) >= 11 is 1.38. The number of nitrogens with one attached hydrogen (secondary N) is 1. The normalized spacial score (nSPS) is 16.0. The van der Waals surface area contributed by atoms with Crippen LogP contribution in [-0.2, 0) is 0 Å². The summed E-state index contributed by atoms with van der Waals surface area (Å²) in [4.78, 5) is 12.3. The van der Waals surface area contributed by atoms with Crippen molar-refractivity contribution in [3.05, 3.63) is 28.5 Å². The van der Waals surface area contributed by atoms with Crippen molar-refractivity contribution in [2.45, 2.75) is 18.9 Å². The molecule has 0 atom stereocenters. The average Bonchev–Trinajstić information content (AvgIpc) is 2.75. The minimum Gasteiger partial charge on any atom is -0.397 e. The molecule has 2 rings (SSSR count). The topological polar surface area (TPSA) is 55.1 Å². The Labute approximate surface area is 86.6 Å². The SMILES string of the molecule is Nc1ccsc1C(=O)NC1CC=CC1. The third-order valence-electron chi connectivity index (χ3n) is 2.24. The maximum Gasteiger partial charge on any atom is 0.263 e. The van der Waals surface area contributed by atoms with Gasteiger partial charge in [-0.15, -0.1) is 11.3 Å². The van der Waals surface area contributed by atoms with E-state index in [1.54, 1.807) is 6.07 Å². The summed E-state index contributed by atoms with van der Waals surface area (Å²) in [5.41, 5.74) is 6.22. The van der Waals surface area contributed by atoms with E-state index < -0.39 is 0 Å². The van der Waals surface area contributed by atoms with Crippen molar-refractivity contribution in [3.63, 3.8) is 0 Å². The van der Waals surface area contributed by atoms with Gasteiger partial charge in [0.05, 0.1) is 5.69 Å². The molecule has 0 radical (unpaired) electrons. The van der Waals surface area contributed by atoms with E-state index in [4.69, 9.17) is 5.73 Å². The molecule has 1 aliphatic carbocycles. The molecule has 1 aromatic heterocycles. The van der Waals surface area contributed by atoms with E-state index in [9.17, 15) is 4.79 Å². The maximum absolute atomic E-state index is 11.7. The summed E-state index contributed by atoms with van der Waals surface area (Å²) in [7, 11) is 0. The van der Waals surface area contributed by atoms with Gasteiger partial charge in [0, 0.05) is 6.04 Å². The minimum absolute atomic E-state index is 0.0498. The van der Waals surface area contributed by atoms with E-state index in [1.165, 1.54) is 11.3 Å². The highest BCUT2D eigenvalue weighted by Gasteiger charge is 2.16. The Morgan fingerprint density at radius 3 is 2.79 bits per heavy atom. The van der Waals surface area contributed by atoms with Crippen LogP contribution in [0.15, 0.2) is 23.6 Å². The molecule has 0 saturated carbocycles. The number of thiophene rings is 1. The Morgan fingerprint density at radius 1 is 1.50 bits per heavy atom. The highest BCUT2D eigenvalue weighted by atomic mass is 32.1. The molecular formula is C10H12N2OS. The molecule has 0 fully saturated rings. The van der Waals surface area contributed by atoms with Crippen LogP contribution >= 0.6 is 11.3 Å². The van der Waals surface area contributed by atoms with Crippen molar-refractivity contribution in [2.24, 2.45) is 0 Å². The maximum atomic E-state index is 11.7. The Balaban J connectivity index is 1.99. The zero-order chi connectivity index (χ0) is 9.97. The summed E-state index contributed by atoms with van der Waals surface area (Å²) in [5.74, 6) is -0.0498. The Hall–Kier alpha value is -1.29. The first-order valence-corrected chi connectivity index (χ1v) is 5.44. The summed E-state index contributed by atoms with van der Waals surface area (Å²) < 4.78 is 0. The van der Waals surface area contributed by atoms with Crippen LogP contribution in [0.1, 0.15) is 22.5 Å². The standard InChI is InChI=1S/C10H12N2OS/c11-8-5-6-14-9(8)10(13)12-7-3-1-2-4-7/h1-2,5-7H,3-4,11H2,(H,12,13). The number of hydrogen-bond donors (Lipinski definition) is 2. The van der Waals surface area contributed by atoms with Crippen molar-refractivity contribution in [2.75, 3.05) is 5.73 Å². The van der Waals surface area contributed by atoms with Crippen molar-refractivity contribution in [1.82, 2.24) is 5.32 Å². The van der Waals surface area contributed by atoms with Gasteiger partial charge in [0.15, 0.2) is 0 Å². The van der Waals surface area contributed by atoms with Crippen LogP contribution in [-0.4, -0.2) is 11.9 Å². The highest BCUT2D eigenvalue weighted by molar-refractivity contribution is 7.12. The average molecular weight is 208 g/mol. The molecule has 4 heteroatoms. The molecule has 14 heavy (non-hydrogen) atoms. The monoisotopic (exact) mass is 208 g/mol. The van der Waals surface area contributed by atoms with Crippen LogP contribution in [0.4, 0.5) is 5.69 Å². The van der Waals surface area contributed by atoms with Crippen LogP contribution in [0.5, 0.6) is 0 Å². The third-order valence-corrected chi connectivity index (χ3v) is 3.17. The van der Waals surface area contributed by atoms with Gasteiger partial charge < -0.3 is 11.1 Å². The number of carbonyl (C=O) groups excluding carboxylic acids is 1. The first-order chi connectivity index (χ1) is 6.77. The molecule has 0 aliphatic heterocycles. The zero-order valence-corrected chi connectivity index (χ0v) is 8.51. The van der Waals surface area contributed by atoms with E-state index in [0.717, 1.165) is 12.8 Å². The predicted molar refractivity (Wildman–Crippen MR) is 58.4 cm³/mol. The van der Waals surface area contributed by atoms with Crippen molar-refractivity contribution in [1.29, 1.82) is 0 Å². The molecule has 0 unspecified atom stereocenters. The lowest BCUT2D eigenvalue weighted by Crippen LogP contribution is -2.32. The minimum atomic E-state index is -0.0498. The van der Waals surface area contributed by atoms with E-state index in [0.29, 0.717) is 10.6 Å². The van der Waals surface area contributed by atoms with Gasteiger partial charge in [0.2, 0.25) is 0 Å². The van der Waals surface area contributed by atoms with Crippen LogP contribution in [0.2, 0.25) is 0 Å². The number of amides is 1. The number of rotatable bonds is 2. The largest absolute Gasteiger partial charge is 0.397 e. The lowest BCUT2D eigenvalue weighted by Gasteiger charge is -2.10. The molecule has 0 aromatic carbocycles. The van der Waals surface area contributed by atoms with Crippen molar-refractivity contribution < 1.29 is 4.79 Å². The second-order valence-corrected chi connectivity index (χ2v) is 4.23. The Morgan fingerprint density at radius 2 is 2.21 bits per heavy atom. The number of nitrogens with two attached hydrogens (primary N) is 1. The van der Waals surface area contributed by atoms with Crippen molar-refractivity contribution in [3.8, 4) is 0 Å². The van der Waals surface area contributed by atoms with Gasteiger partial charge in [-0.25, -0.2) is 0 Å². The smallest absolute Gasteiger partial charge is 0.263 e. The number of anilines is 1.